The number of ether oxygens (including phenoxy) is 1. The predicted octanol–water partition coefficient (Wildman–Crippen LogP) is 0.772. The third kappa shape index (κ3) is 3.18. The number of hydrogen-bond acceptors (Lipinski definition) is 6. The molecule has 0 radical (unpaired) electrons. The van der Waals surface area contributed by atoms with Crippen molar-refractivity contribution in [1.29, 1.82) is 0 Å². The molecular weight excluding hydrogens is 266 g/mol. The molecular formula is C13H15NO6. The third-order valence-corrected chi connectivity index (χ3v) is 2.74. The molecule has 1 aliphatic rings. The number of carbonyl (C=O) groups is 2. The maximum Gasteiger partial charge on any atom is 0.345 e. The van der Waals surface area contributed by atoms with Crippen molar-refractivity contribution >= 4 is 11.8 Å². The molecule has 0 bridgehead atoms. The molecule has 0 heterocycles. The van der Waals surface area contributed by atoms with E-state index >= 15 is 0 Å². The third-order valence-electron chi connectivity index (χ3n) is 2.74. The summed E-state index contributed by atoms with van der Waals surface area (Å²) in [5, 5.41) is 20.5. The van der Waals surface area contributed by atoms with Gasteiger partial charge in [0.2, 0.25) is 0 Å². The Kier molecular flexibility index (Phi) is 4.93. The zero-order chi connectivity index (χ0) is 15.4. The van der Waals surface area contributed by atoms with Crippen molar-refractivity contribution in [3.05, 3.63) is 45.2 Å². The Morgan fingerprint density at radius 3 is 2.55 bits per heavy atom. The van der Waals surface area contributed by atoms with Crippen LogP contribution in [-0.4, -0.2) is 35.0 Å². The molecule has 7 nitrogen and oxygen atoms in total. The van der Waals surface area contributed by atoms with Crippen LogP contribution >= 0.6 is 0 Å². The van der Waals surface area contributed by atoms with E-state index in [0.29, 0.717) is 0 Å². The van der Waals surface area contributed by atoms with Crippen molar-refractivity contribution in [2.75, 3.05) is 7.11 Å². The molecule has 2 atom stereocenters. The highest BCUT2D eigenvalue weighted by Gasteiger charge is 2.33. The fourth-order valence-electron chi connectivity index (χ4n) is 1.77. The average Bonchev–Trinajstić information content (AvgIpc) is 2.55. The summed E-state index contributed by atoms with van der Waals surface area (Å²) in [6.07, 6.45) is 2.67. The predicted molar refractivity (Wildman–Crippen MR) is 69.1 cm³/mol. The standard InChI is InChI=1S/C13H15NO6/c1-7-4-5-10(14(18)19)11(13(17)20-3)9(6-7)12(16)8(2)15/h4-8,15H,1-3H3/t7-,8-/m1/s1. The van der Waals surface area contributed by atoms with Crippen molar-refractivity contribution in [2.24, 2.45) is 5.92 Å². The van der Waals surface area contributed by atoms with E-state index in [1.807, 2.05) is 0 Å². The highest BCUT2D eigenvalue weighted by atomic mass is 16.6. The molecule has 0 saturated heterocycles. The topological polar surface area (TPSA) is 107 Å². The van der Waals surface area contributed by atoms with E-state index in [9.17, 15) is 24.8 Å². The lowest BCUT2D eigenvalue weighted by molar-refractivity contribution is -0.419. The number of esters is 1. The van der Waals surface area contributed by atoms with Crippen LogP contribution in [0.1, 0.15) is 13.8 Å². The number of aliphatic hydroxyl groups excluding tert-OH is 1. The van der Waals surface area contributed by atoms with Crippen LogP contribution in [-0.2, 0) is 14.3 Å². The van der Waals surface area contributed by atoms with Crippen LogP contribution in [0.25, 0.3) is 0 Å². The highest BCUT2D eigenvalue weighted by Crippen LogP contribution is 2.26. The number of Topliss-reactive ketones (excluding diaryl/α,β-unsaturated/α-hetero) is 1. The number of rotatable bonds is 4. The number of carbonyl (C=O) groups excluding carboxylic acids is 2. The van der Waals surface area contributed by atoms with Crippen molar-refractivity contribution in [2.45, 2.75) is 20.0 Å². The van der Waals surface area contributed by atoms with Crippen LogP contribution in [0, 0.1) is 16.0 Å². The molecule has 0 aromatic rings. The second kappa shape index (κ2) is 6.25. The smallest absolute Gasteiger partial charge is 0.345 e. The van der Waals surface area contributed by atoms with E-state index in [0.717, 1.165) is 13.2 Å². The minimum Gasteiger partial charge on any atom is -0.465 e. The van der Waals surface area contributed by atoms with Gasteiger partial charge in [-0.3, -0.25) is 14.9 Å². The lowest BCUT2D eigenvalue weighted by Crippen LogP contribution is -2.24. The van der Waals surface area contributed by atoms with Crippen molar-refractivity contribution in [1.82, 2.24) is 0 Å². The number of nitrogens with zero attached hydrogens (tertiary/aromatic N) is 1. The van der Waals surface area contributed by atoms with Gasteiger partial charge in [0.1, 0.15) is 11.7 Å². The number of aliphatic hydroxyl groups is 1. The van der Waals surface area contributed by atoms with Crippen molar-refractivity contribution in [3.63, 3.8) is 0 Å². The fraction of sp³-hybridized carbons (Fsp3) is 0.385. The molecule has 0 aromatic carbocycles. The molecule has 0 aliphatic heterocycles. The molecule has 0 spiro atoms. The number of methoxy groups -OCH3 is 1. The van der Waals surface area contributed by atoms with Gasteiger partial charge >= 0.3 is 5.97 Å². The van der Waals surface area contributed by atoms with Gasteiger partial charge in [0.25, 0.3) is 5.70 Å². The lowest BCUT2D eigenvalue weighted by atomic mass is 9.95. The largest absolute Gasteiger partial charge is 0.465 e. The van der Waals surface area contributed by atoms with Crippen molar-refractivity contribution < 1.29 is 24.4 Å². The number of nitro groups is 1. The van der Waals surface area contributed by atoms with Gasteiger partial charge in [0.15, 0.2) is 5.78 Å². The molecule has 1 rings (SSSR count). The number of ketones is 1. The summed E-state index contributed by atoms with van der Waals surface area (Å²) >= 11 is 0. The second-order valence-corrected chi connectivity index (χ2v) is 4.35. The first kappa shape index (κ1) is 15.8. The van der Waals surface area contributed by atoms with Crippen LogP contribution in [0.4, 0.5) is 0 Å². The molecule has 0 aromatic heterocycles. The van der Waals surface area contributed by atoms with Crippen LogP contribution in [0.15, 0.2) is 35.1 Å². The number of hydrogen-bond donors (Lipinski definition) is 1. The zero-order valence-electron chi connectivity index (χ0n) is 11.3. The van der Waals surface area contributed by atoms with E-state index in [-0.39, 0.29) is 11.5 Å². The number of allylic oxidation sites excluding steroid dienone is 3. The Bertz CT molecular complexity index is 541. The molecule has 1 aliphatic carbocycles. The van der Waals surface area contributed by atoms with Gasteiger partial charge in [-0.15, -0.1) is 0 Å². The zero-order valence-corrected chi connectivity index (χ0v) is 11.3. The molecule has 0 amide bonds. The van der Waals surface area contributed by atoms with Crippen LogP contribution in [0.5, 0.6) is 0 Å². The van der Waals surface area contributed by atoms with E-state index in [2.05, 4.69) is 4.74 Å². The summed E-state index contributed by atoms with van der Waals surface area (Å²) in [5.41, 5.74) is -1.17. The van der Waals surface area contributed by atoms with E-state index in [1.165, 1.54) is 19.1 Å². The minimum atomic E-state index is -1.38. The molecule has 7 heteroatoms. The van der Waals surface area contributed by atoms with Gasteiger partial charge in [-0.05, 0) is 12.8 Å². The first-order valence-corrected chi connectivity index (χ1v) is 5.89. The maximum atomic E-state index is 12.0. The second-order valence-electron chi connectivity index (χ2n) is 4.35. The summed E-state index contributed by atoms with van der Waals surface area (Å²) in [4.78, 5) is 34.1. The van der Waals surface area contributed by atoms with E-state index in [1.54, 1.807) is 6.92 Å². The normalized spacial score (nSPS) is 20.0. The Morgan fingerprint density at radius 2 is 2.10 bits per heavy atom. The summed E-state index contributed by atoms with van der Waals surface area (Å²) in [6.45, 7) is 2.93. The first-order valence-electron chi connectivity index (χ1n) is 5.89. The molecule has 20 heavy (non-hydrogen) atoms. The highest BCUT2D eigenvalue weighted by molar-refractivity contribution is 6.12. The molecule has 0 saturated carbocycles. The molecule has 1 N–H and O–H groups in total. The first-order chi connectivity index (χ1) is 9.29. The van der Waals surface area contributed by atoms with E-state index in [4.69, 9.17) is 0 Å². The van der Waals surface area contributed by atoms with Gasteiger partial charge in [-0.25, -0.2) is 4.79 Å². The summed E-state index contributed by atoms with van der Waals surface area (Å²) < 4.78 is 4.51. The molecule has 108 valence electrons. The SMILES string of the molecule is COC(=O)C1=C([N+](=O)[O-])C=C[C@@H](C)C=C1C(=O)[C@@H](C)O. The van der Waals surface area contributed by atoms with Gasteiger partial charge in [0, 0.05) is 11.6 Å². The Labute approximate surface area is 115 Å². The maximum absolute atomic E-state index is 12.0. The van der Waals surface area contributed by atoms with Gasteiger partial charge in [0.05, 0.1) is 12.0 Å². The monoisotopic (exact) mass is 281 g/mol. The van der Waals surface area contributed by atoms with Crippen LogP contribution in [0.2, 0.25) is 0 Å². The fourth-order valence-corrected chi connectivity index (χ4v) is 1.77. The van der Waals surface area contributed by atoms with Crippen LogP contribution in [0.3, 0.4) is 0 Å². The van der Waals surface area contributed by atoms with Gasteiger partial charge in [-0.2, -0.15) is 0 Å². The lowest BCUT2D eigenvalue weighted by Gasteiger charge is -2.11. The Morgan fingerprint density at radius 1 is 1.50 bits per heavy atom. The molecule has 0 fully saturated rings. The average molecular weight is 281 g/mol. The summed E-state index contributed by atoms with van der Waals surface area (Å²) in [6, 6.07) is 0. The molecule has 0 unspecified atom stereocenters. The van der Waals surface area contributed by atoms with Gasteiger partial charge in [-0.1, -0.05) is 19.1 Å². The summed E-state index contributed by atoms with van der Waals surface area (Å²) in [5.74, 6) is -2.05. The Balaban J connectivity index is 3.57. The van der Waals surface area contributed by atoms with Crippen LogP contribution < -0.4 is 0 Å². The Hall–Kier alpha value is -2.28. The minimum absolute atomic E-state index is 0.198. The quantitative estimate of drug-likeness (QED) is 0.463. The van der Waals surface area contributed by atoms with Gasteiger partial charge < -0.3 is 9.84 Å². The van der Waals surface area contributed by atoms with E-state index < -0.39 is 34.0 Å². The summed E-state index contributed by atoms with van der Waals surface area (Å²) in [7, 11) is 1.06. The van der Waals surface area contributed by atoms with Crippen molar-refractivity contribution in [3.8, 4) is 0 Å².